The summed E-state index contributed by atoms with van der Waals surface area (Å²) in [7, 11) is 3.17. The van der Waals surface area contributed by atoms with Gasteiger partial charge in [0.25, 0.3) is 5.91 Å². The van der Waals surface area contributed by atoms with Crippen LogP contribution in [0.5, 0.6) is 11.5 Å². The van der Waals surface area contributed by atoms with Crippen LogP contribution in [0, 0.1) is 11.8 Å². The first kappa shape index (κ1) is 22.9. The third-order valence-electron chi connectivity index (χ3n) is 5.55. The molecule has 1 fully saturated rings. The monoisotopic (exact) mass is 444 g/mol. The molecule has 1 aliphatic heterocycles. The van der Waals surface area contributed by atoms with E-state index in [0.29, 0.717) is 47.6 Å². The maximum absolute atomic E-state index is 13.1. The Morgan fingerprint density at radius 2 is 1.81 bits per heavy atom. The highest BCUT2D eigenvalue weighted by molar-refractivity contribution is 6.30. The quantitative estimate of drug-likeness (QED) is 0.701. The minimum atomic E-state index is -0.393. The molecule has 2 amide bonds. The predicted molar refractivity (Wildman–Crippen MR) is 121 cm³/mol. The van der Waals surface area contributed by atoms with Crippen molar-refractivity contribution in [2.45, 2.75) is 19.8 Å². The number of rotatable bonds is 7. The van der Waals surface area contributed by atoms with E-state index >= 15 is 0 Å². The standard InChI is InChI=1S/C24H29ClN2O4/c1-15(2)12-26-23(28)20-14-27(24(29)16-8-10-17(25)11-9-16)13-19(20)18-6-5-7-21(30-3)22(18)31-4/h5-11,15,19-20H,12-14H2,1-4H3,(H,26,28)/t19-,20-/m0/s1. The van der Waals surface area contributed by atoms with Crippen LogP contribution in [-0.4, -0.2) is 50.6 Å². The van der Waals surface area contributed by atoms with Crippen LogP contribution in [0.3, 0.4) is 0 Å². The van der Waals surface area contributed by atoms with Gasteiger partial charge in [0.2, 0.25) is 5.91 Å². The zero-order chi connectivity index (χ0) is 22.5. The van der Waals surface area contributed by atoms with Crippen LogP contribution in [0.1, 0.15) is 35.7 Å². The molecule has 2 aromatic rings. The summed E-state index contributed by atoms with van der Waals surface area (Å²) in [6.45, 7) is 5.42. The number of methoxy groups -OCH3 is 2. The highest BCUT2D eigenvalue weighted by atomic mass is 35.5. The summed E-state index contributed by atoms with van der Waals surface area (Å²) < 4.78 is 11.1. The summed E-state index contributed by atoms with van der Waals surface area (Å²) in [5.41, 5.74) is 1.40. The van der Waals surface area contributed by atoms with Crippen LogP contribution in [0.15, 0.2) is 42.5 Å². The molecule has 2 atom stereocenters. The lowest BCUT2D eigenvalue weighted by atomic mass is 9.87. The maximum Gasteiger partial charge on any atom is 0.253 e. The van der Waals surface area contributed by atoms with Crippen LogP contribution < -0.4 is 14.8 Å². The lowest BCUT2D eigenvalue weighted by molar-refractivity contribution is -0.125. The Hall–Kier alpha value is -2.73. The fraction of sp³-hybridized carbons (Fsp3) is 0.417. The molecule has 7 heteroatoms. The number of carbonyl (C=O) groups is 2. The molecule has 1 heterocycles. The van der Waals surface area contributed by atoms with Gasteiger partial charge in [-0.25, -0.2) is 0 Å². The van der Waals surface area contributed by atoms with Gasteiger partial charge in [-0.05, 0) is 36.2 Å². The number of ether oxygens (including phenoxy) is 2. The topological polar surface area (TPSA) is 67.9 Å². The Bertz CT molecular complexity index is 930. The van der Waals surface area contributed by atoms with Crippen LogP contribution in [0.4, 0.5) is 0 Å². The highest BCUT2D eigenvalue weighted by Gasteiger charge is 2.42. The number of carbonyl (C=O) groups excluding carboxylic acids is 2. The minimum Gasteiger partial charge on any atom is -0.493 e. The maximum atomic E-state index is 13.1. The van der Waals surface area contributed by atoms with Gasteiger partial charge in [0.1, 0.15) is 0 Å². The molecule has 3 rings (SSSR count). The second-order valence-electron chi connectivity index (χ2n) is 8.15. The van der Waals surface area contributed by atoms with E-state index in [4.69, 9.17) is 21.1 Å². The fourth-order valence-corrected chi connectivity index (χ4v) is 4.09. The lowest BCUT2D eigenvalue weighted by Gasteiger charge is -2.22. The van der Waals surface area contributed by atoms with Gasteiger partial charge in [0.15, 0.2) is 11.5 Å². The molecule has 0 aliphatic carbocycles. The molecule has 1 saturated heterocycles. The third kappa shape index (κ3) is 5.13. The fourth-order valence-electron chi connectivity index (χ4n) is 3.97. The van der Waals surface area contributed by atoms with Crippen molar-refractivity contribution in [3.8, 4) is 11.5 Å². The van der Waals surface area contributed by atoms with Gasteiger partial charge in [0, 0.05) is 41.7 Å². The molecule has 2 aromatic carbocycles. The molecule has 1 N–H and O–H groups in total. The number of amides is 2. The van der Waals surface area contributed by atoms with Gasteiger partial charge in [-0.3, -0.25) is 9.59 Å². The zero-order valence-electron chi connectivity index (χ0n) is 18.4. The number of nitrogens with one attached hydrogen (secondary N) is 1. The first-order valence-corrected chi connectivity index (χ1v) is 10.8. The van der Waals surface area contributed by atoms with E-state index in [1.54, 1.807) is 43.4 Å². The average molecular weight is 445 g/mol. The average Bonchev–Trinajstić information content (AvgIpc) is 3.22. The largest absolute Gasteiger partial charge is 0.493 e. The first-order chi connectivity index (χ1) is 14.8. The van der Waals surface area contributed by atoms with Crippen LogP contribution in [0.2, 0.25) is 5.02 Å². The molecule has 1 aliphatic rings. The van der Waals surface area contributed by atoms with E-state index in [0.717, 1.165) is 5.56 Å². The van der Waals surface area contributed by atoms with Crippen LogP contribution in [-0.2, 0) is 4.79 Å². The Morgan fingerprint density at radius 1 is 1.10 bits per heavy atom. The van der Waals surface area contributed by atoms with Crippen molar-refractivity contribution in [2.24, 2.45) is 11.8 Å². The molecule has 0 aromatic heterocycles. The predicted octanol–water partition coefficient (Wildman–Crippen LogP) is 3.99. The number of nitrogens with zero attached hydrogens (tertiary/aromatic N) is 1. The summed E-state index contributed by atoms with van der Waals surface area (Å²) in [5.74, 6) is 0.741. The van der Waals surface area contributed by atoms with E-state index in [1.165, 1.54) is 0 Å². The van der Waals surface area contributed by atoms with Crippen molar-refractivity contribution in [1.29, 1.82) is 0 Å². The molecule has 166 valence electrons. The Labute approximate surface area is 188 Å². The van der Waals surface area contributed by atoms with Gasteiger partial charge in [-0.1, -0.05) is 37.6 Å². The van der Waals surface area contributed by atoms with Gasteiger partial charge in [-0.15, -0.1) is 0 Å². The SMILES string of the molecule is COc1cccc([C@@H]2CN(C(=O)c3ccc(Cl)cc3)C[C@@H]2C(=O)NCC(C)C)c1OC. The molecule has 0 bridgehead atoms. The van der Waals surface area contributed by atoms with E-state index < -0.39 is 5.92 Å². The Morgan fingerprint density at radius 3 is 2.42 bits per heavy atom. The molecule has 0 unspecified atom stereocenters. The summed E-state index contributed by atoms with van der Waals surface area (Å²) >= 11 is 5.96. The Balaban J connectivity index is 1.93. The normalized spacial score (nSPS) is 18.2. The number of hydrogen-bond acceptors (Lipinski definition) is 4. The van der Waals surface area contributed by atoms with Crippen molar-refractivity contribution < 1.29 is 19.1 Å². The van der Waals surface area contributed by atoms with Crippen molar-refractivity contribution in [2.75, 3.05) is 33.9 Å². The minimum absolute atomic E-state index is 0.0602. The zero-order valence-corrected chi connectivity index (χ0v) is 19.1. The molecule has 0 spiro atoms. The number of para-hydroxylation sites is 1. The number of benzene rings is 2. The van der Waals surface area contributed by atoms with Crippen molar-refractivity contribution in [3.05, 3.63) is 58.6 Å². The first-order valence-electron chi connectivity index (χ1n) is 10.4. The second-order valence-corrected chi connectivity index (χ2v) is 8.59. The van der Waals surface area contributed by atoms with Crippen LogP contribution >= 0.6 is 11.6 Å². The molecule has 6 nitrogen and oxygen atoms in total. The second kappa shape index (κ2) is 10.1. The number of likely N-dealkylation sites (tertiary alicyclic amines) is 1. The van der Waals surface area contributed by atoms with Gasteiger partial charge < -0.3 is 19.7 Å². The van der Waals surface area contributed by atoms with E-state index in [1.807, 2.05) is 32.0 Å². The Kier molecular flexibility index (Phi) is 7.44. The van der Waals surface area contributed by atoms with Crippen LogP contribution in [0.25, 0.3) is 0 Å². The van der Waals surface area contributed by atoms with Crippen molar-refractivity contribution in [1.82, 2.24) is 10.2 Å². The smallest absolute Gasteiger partial charge is 0.253 e. The molecule has 0 saturated carbocycles. The lowest BCUT2D eigenvalue weighted by Crippen LogP contribution is -2.37. The summed E-state index contributed by atoms with van der Waals surface area (Å²) in [4.78, 5) is 28.0. The highest BCUT2D eigenvalue weighted by Crippen LogP contribution is 2.42. The van der Waals surface area contributed by atoms with Crippen molar-refractivity contribution >= 4 is 23.4 Å². The molecular weight excluding hydrogens is 416 g/mol. The van der Waals surface area contributed by atoms with Gasteiger partial charge in [0.05, 0.1) is 20.1 Å². The third-order valence-corrected chi connectivity index (χ3v) is 5.80. The summed E-state index contributed by atoms with van der Waals surface area (Å²) in [6.07, 6.45) is 0. The molecule has 0 radical (unpaired) electrons. The van der Waals surface area contributed by atoms with E-state index in [9.17, 15) is 9.59 Å². The van der Waals surface area contributed by atoms with E-state index in [-0.39, 0.29) is 17.7 Å². The summed E-state index contributed by atoms with van der Waals surface area (Å²) in [5, 5.41) is 3.60. The van der Waals surface area contributed by atoms with Gasteiger partial charge in [-0.2, -0.15) is 0 Å². The van der Waals surface area contributed by atoms with Gasteiger partial charge >= 0.3 is 0 Å². The summed E-state index contributed by atoms with van der Waals surface area (Å²) in [6, 6.07) is 12.4. The van der Waals surface area contributed by atoms with Crippen molar-refractivity contribution in [3.63, 3.8) is 0 Å². The number of halogens is 1. The van der Waals surface area contributed by atoms with E-state index in [2.05, 4.69) is 5.32 Å². The molecular formula is C24H29ClN2O4. The molecule has 31 heavy (non-hydrogen) atoms. The number of hydrogen-bond donors (Lipinski definition) is 1.